The number of carbonyl (C=O) groups is 2. The molecule has 3 aromatic rings. The number of hydrogen-bond donors (Lipinski definition) is 1. The second-order valence-corrected chi connectivity index (χ2v) is 5.48. The second-order valence-electron chi connectivity index (χ2n) is 5.07. The van der Waals surface area contributed by atoms with Gasteiger partial charge in [0.05, 0.1) is 17.3 Å². The van der Waals surface area contributed by atoms with E-state index in [9.17, 15) is 9.59 Å². The van der Waals surface area contributed by atoms with Crippen molar-refractivity contribution >= 4 is 29.2 Å². The maximum atomic E-state index is 11.9. The van der Waals surface area contributed by atoms with E-state index in [2.05, 4.69) is 10.4 Å². The maximum Gasteiger partial charge on any atom is 0.374 e. The molecule has 0 saturated carbocycles. The van der Waals surface area contributed by atoms with Gasteiger partial charge in [-0.1, -0.05) is 23.7 Å². The molecule has 0 radical (unpaired) electrons. The van der Waals surface area contributed by atoms with Gasteiger partial charge in [-0.15, -0.1) is 0 Å². The molecule has 0 aliphatic carbocycles. The lowest BCUT2D eigenvalue weighted by Crippen LogP contribution is -2.20. The van der Waals surface area contributed by atoms with Gasteiger partial charge < -0.3 is 14.5 Å². The van der Waals surface area contributed by atoms with Crippen molar-refractivity contribution in [2.45, 2.75) is 6.54 Å². The molecule has 8 heteroatoms. The third kappa shape index (κ3) is 4.48. The van der Waals surface area contributed by atoms with E-state index in [1.807, 2.05) is 0 Å². The lowest BCUT2D eigenvalue weighted by molar-refractivity contribution is -0.119. The minimum absolute atomic E-state index is 0.0210. The van der Waals surface area contributed by atoms with E-state index in [0.29, 0.717) is 23.0 Å². The van der Waals surface area contributed by atoms with Crippen LogP contribution in [0.5, 0.6) is 0 Å². The average molecular weight is 360 g/mol. The number of rotatable bonds is 6. The molecule has 0 bridgehead atoms. The molecule has 128 valence electrons. The van der Waals surface area contributed by atoms with Crippen molar-refractivity contribution in [1.29, 1.82) is 0 Å². The fourth-order valence-electron chi connectivity index (χ4n) is 2.08. The molecule has 0 saturated heterocycles. The fourth-order valence-corrected chi connectivity index (χ4v) is 2.26. The third-order valence-corrected chi connectivity index (χ3v) is 3.55. The highest BCUT2D eigenvalue weighted by molar-refractivity contribution is 6.33. The van der Waals surface area contributed by atoms with Crippen molar-refractivity contribution in [3.63, 3.8) is 0 Å². The summed E-state index contributed by atoms with van der Waals surface area (Å²) in [5.41, 5.74) is 0.449. The number of aromatic nitrogens is 2. The van der Waals surface area contributed by atoms with Gasteiger partial charge in [-0.25, -0.2) is 4.79 Å². The smallest absolute Gasteiger partial charge is 0.374 e. The Kier molecular flexibility index (Phi) is 5.15. The topological polar surface area (TPSA) is 86.4 Å². The van der Waals surface area contributed by atoms with Gasteiger partial charge in [0.1, 0.15) is 5.76 Å². The molecule has 3 rings (SSSR count). The number of hydrogen-bond acceptors (Lipinski definition) is 5. The van der Waals surface area contributed by atoms with Crippen molar-refractivity contribution in [1.82, 2.24) is 9.78 Å². The average Bonchev–Trinajstić information content (AvgIpc) is 3.27. The van der Waals surface area contributed by atoms with E-state index in [1.165, 1.54) is 6.07 Å². The van der Waals surface area contributed by atoms with Crippen LogP contribution in [-0.4, -0.2) is 28.3 Å². The Morgan fingerprint density at radius 2 is 2.04 bits per heavy atom. The first-order valence-corrected chi connectivity index (χ1v) is 7.77. The van der Waals surface area contributed by atoms with Crippen molar-refractivity contribution in [2.24, 2.45) is 0 Å². The Balaban J connectivity index is 1.51. The molecular formula is C17H14ClN3O4. The van der Waals surface area contributed by atoms with Gasteiger partial charge in [0.15, 0.2) is 6.61 Å². The van der Waals surface area contributed by atoms with Gasteiger partial charge >= 0.3 is 5.97 Å². The summed E-state index contributed by atoms with van der Waals surface area (Å²) in [5, 5.41) is 7.01. The van der Waals surface area contributed by atoms with Crippen molar-refractivity contribution < 1.29 is 18.7 Å². The lowest BCUT2D eigenvalue weighted by atomic mass is 10.3. The van der Waals surface area contributed by atoms with Crippen LogP contribution in [0.2, 0.25) is 5.02 Å². The highest BCUT2D eigenvalue weighted by Crippen LogP contribution is 2.20. The van der Waals surface area contributed by atoms with Gasteiger partial charge in [-0.2, -0.15) is 5.10 Å². The normalized spacial score (nSPS) is 10.4. The molecule has 0 unspecified atom stereocenters. The van der Waals surface area contributed by atoms with Crippen LogP contribution < -0.4 is 5.32 Å². The van der Waals surface area contributed by atoms with Gasteiger partial charge in [0, 0.05) is 12.4 Å². The third-order valence-electron chi connectivity index (χ3n) is 3.22. The summed E-state index contributed by atoms with van der Waals surface area (Å²) in [7, 11) is 0. The highest BCUT2D eigenvalue weighted by Gasteiger charge is 2.15. The monoisotopic (exact) mass is 359 g/mol. The molecule has 1 N–H and O–H groups in total. The summed E-state index contributed by atoms with van der Waals surface area (Å²) in [5.74, 6) is -0.644. The maximum absolute atomic E-state index is 11.9. The molecule has 1 aromatic carbocycles. The van der Waals surface area contributed by atoms with Gasteiger partial charge in [0.25, 0.3) is 5.91 Å². The summed E-state index contributed by atoms with van der Waals surface area (Å²) in [6, 6.07) is 11.7. The summed E-state index contributed by atoms with van der Waals surface area (Å²) < 4.78 is 12.0. The van der Waals surface area contributed by atoms with Gasteiger partial charge in [0.2, 0.25) is 5.76 Å². The number of amides is 1. The van der Waals surface area contributed by atoms with Crippen molar-refractivity contribution in [2.75, 3.05) is 11.9 Å². The van der Waals surface area contributed by atoms with Crippen LogP contribution >= 0.6 is 11.6 Å². The summed E-state index contributed by atoms with van der Waals surface area (Å²) in [4.78, 5) is 23.8. The van der Waals surface area contributed by atoms with E-state index in [1.54, 1.807) is 53.5 Å². The number of ether oxygens (including phenoxy) is 1. The number of benzene rings is 1. The Bertz CT molecular complexity index is 874. The van der Waals surface area contributed by atoms with Crippen LogP contribution in [0.15, 0.2) is 59.3 Å². The number of anilines is 1. The molecule has 2 heterocycles. The number of carbonyl (C=O) groups excluding carboxylic acids is 2. The molecule has 25 heavy (non-hydrogen) atoms. The van der Waals surface area contributed by atoms with Crippen LogP contribution in [0.1, 0.15) is 16.3 Å². The fraction of sp³-hybridized carbons (Fsp3) is 0.118. The van der Waals surface area contributed by atoms with Gasteiger partial charge in [-0.05, 0) is 30.3 Å². The number of nitrogens with one attached hydrogen (secondary N) is 1. The largest absolute Gasteiger partial charge is 0.452 e. The predicted molar refractivity (Wildman–Crippen MR) is 90.4 cm³/mol. The number of para-hydroxylation sites is 1. The van der Waals surface area contributed by atoms with E-state index in [-0.39, 0.29) is 5.76 Å². The Morgan fingerprint density at radius 3 is 2.80 bits per heavy atom. The molecule has 0 spiro atoms. The standard InChI is InChI=1S/C17H14ClN3O4/c18-13-4-1-2-5-14(13)20-16(22)11-24-17(23)15-7-6-12(25-15)10-21-9-3-8-19-21/h1-9H,10-11H2,(H,20,22). The molecular weight excluding hydrogens is 346 g/mol. The highest BCUT2D eigenvalue weighted by atomic mass is 35.5. The zero-order valence-corrected chi connectivity index (χ0v) is 13.8. The summed E-state index contributed by atoms with van der Waals surface area (Å²) in [6.07, 6.45) is 3.43. The van der Waals surface area contributed by atoms with Crippen LogP contribution in [0, 0.1) is 0 Å². The zero-order valence-electron chi connectivity index (χ0n) is 13.0. The molecule has 0 atom stereocenters. The summed E-state index contributed by atoms with van der Waals surface area (Å²) in [6.45, 7) is -0.0491. The van der Waals surface area contributed by atoms with Crippen LogP contribution in [0.3, 0.4) is 0 Å². The van der Waals surface area contributed by atoms with Crippen molar-refractivity contribution in [3.05, 3.63) is 71.4 Å². The Labute approximate surface area is 148 Å². The Hall–Kier alpha value is -3.06. The van der Waals surface area contributed by atoms with E-state index >= 15 is 0 Å². The predicted octanol–water partition coefficient (Wildman–Crippen LogP) is 2.97. The number of halogens is 1. The van der Waals surface area contributed by atoms with E-state index in [4.69, 9.17) is 20.8 Å². The van der Waals surface area contributed by atoms with E-state index < -0.39 is 18.5 Å². The first-order chi connectivity index (χ1) is 12.1. The number of furan rings is 1. The first-order valence-electron chi connectivity index (χ1n) is 7.39. The SMILES string of the molecule is O=C(COC(=O)c1ccc(Cn2cccn2)o1)Nc1ccccc1Cl. The summed E-state index contributed by atoms with van der Waals surface area (Å²) >= 11 is 5.94. The Morgan fingerprint density at radius 1 is 1.20 bits per heavy atom. The van der Waals surface area contributed by atoms with Crippen LogP contribution in [-0.2, 0) is 16.1 Å². The molecule has 0 aliphatic rings. The van der Waals surface area contributed by atoms with Crippen LogP contribution in [0.25, 0.3) is 0 Å². The minimum atomic E-state index is -0.721. The lowest BCUT2D eigenvalue weighted by Gasteiger charge is -2.07. The molecule has 7 nitrogen and oxygen atoms in total. The van der Waals surface area contributed by atoms with Crippen LogP contribution in [0.4, 0.5) is 5.69 Å². The molecule has 0 aliphatic heterocycles. The first kappa shape index (κ1) is 16.8. The molecule has 0 fully saturated rings. The quantitative estimate of drug-likeness (QED) is 0.684. The van der Waals surface area contributed by atoms with Gasteiger partial charge in [-0.3, -0.25) is 9.48 Å². The van der Waals surface area contributed by atoms with Crippen molar-refractivity contribution in [3.8, 4) is 0 Å². The molecule has 2 aromatic heterocycles. The second kappa shape index (κ2) is 7.67. The number of esters is 1. The molecule has 1 amide bonds. The van der Waals surface area contributed by atoms with E-state index in [0.717, 1.165) is 0 Å². The number of nitrogens with zero attached hydrogens (tertiary/aromatic N) is 2. The zero-order chi connectivity index (χ0) is 17.6. The minimum Gasteiger partial charge on any atom is -0.452 e.